The number of rotatable bonds is 1. The second-order valence-corrected chi connectivity index (χ2v) is 1.80. The van der Waals surface area contributed by atoms with Gasteiger partial charge in [0.15, 0.2) is 0 Å². The van der Waals surface area contributed by atoms with Crippen LogP contribution >= 0.6 is 0 Å². The molecule has 0 saturated carbocycles. The first-order valence-electron chi connectivity index (χ1n) is 2.71. The van der Waals surface area contributed by atoms with Crippen molar-refractivity contribution in [3.8, 4) is 5.75 Å². The van der Waals surface area contributed by atoms with Gasteiger partial charge in [-0.15, -0.1) is 0 Å². The zero-order valence-corrected chi connectivity index (χ0v) is 10.4. The second kappa shape index (κ2) is 8.89. The van der Waals surface area contributed by atoms with E-state index in [4.69, 9.17) is 5.11 Å². The summed E-state index contributed by atoms with van der Waals surface area (Å²) in [5, 5.41) is 19.0. The van der Waals surface area contributed by atoms with Crippen molar-refractivity contribution in [2.45, 2.75) is 0 Å². The zero-order valence-electron chi connectivity index (χ0n) is 6.87. The first kappa shape index (κ1) is 19.0. The molecule has 1 N–H and O–H groups in total. The van der Waals surface area contributed by atoms with Crippen LogP contribution in [0.15, 0.2) is 24.3 Å². The van der Waals surface area contributed by atoms with Crippen LogP contribution in [0.25, 0.3) is 0 Å². The molecule has 0 unspecified atom stereocenters. The molecule has 6 heteroatoms. The third-order valence-electron chi connectivity index (χ3n) is 1.12. The van der Waals surface area contributed by atoms with Gasteiger partial charge in [0, 0.05) is 0 Å². The normalized spacial score (nSPS) is 7.08. The molecule has 0 spiro atoms. The molecule has 0 atom stereocenters. The summed E-state index contributed by atoms with van der Waals surface area (Å²) in [6.45, 7) is 0. The van der Waals surface area contributed by atoms with Gasteiger partial charge in [-0.3, -0.25) is 0 Å². The Hall–Kier alpha value is 0.312. The van der Waals surface area contributed by atoms with Gasteiger partial charge in [0.1, 0.15) is 0 Å². The molecule has 0 radical (unpaired) electrons. The molecule has 1 rings (SSSR count). The predicted molar refractivity (Wildman–Crippen MR) is 44.4 cm³/mol. The van der Waals surface area contributed by atoms with Gasteiger partial charge in [-0.1, -0.05) is 23.9 Å². The molecule has 0 aliphatic carbocycles. The minimum absolute atomic E-state index is 0. The van der Waals surface area contributed by atoms with Crippen LogP contribution in [0, 0.1) is 0 Å². The molecule has 0 heterocycles. The van der Waals surface area contributed by atoms with Crippen LogP contribution in [-0.4, -0.2) is 57.2 Å². The molecule has 0 saturated heterocycles. The molecule has 13 heavy (non-hydrogen) atoms. The number of hydrogen-bond donors (Lipinski definition) is 1. The molecule has 1 aromatic carbocycles. The Balaban J connectivity index is -0.000000333. The van der Waals surface area contributed by atoms with Crippen LogP contribution in [0.1, 0.15) is 10.4 Å². The summed E-state index contributed by atoms with van der Waals surface area (Å²) in [5.74, 6) is -1.62. The Labute approximate surface area is 114 Å². The van der Waals surface area contributed by atoms with E-state index in [2.05, 4.69) is 0 Å². The number of carboxylic acids is 1. The van der Waals surface area contributed by atoms with Gasteiger partial charge < -0.3 is 22.6 Å². The van der Waals surface area contributed by atoms with E-state index in [9.17, 15) is 9.90 Å². The van der Waals surface area contributed by atoms with Gasteiger partial charge >= 0.3 is 52.1 Å². The number of benzene rings is 1. The van der Waals surface area contributed by atoms with Crippen LogP contribution in [-0.2, 0) is 0 Å². The van der Waals surface area contributed by atoms with Gasteiger partial charge in [0.2, 0.25) is 0 Å². The standard InChI is InChI=1S/C7H6O3.ClH.2Mg/c8-6-4-2-1-3-5(6)7(9)10;;;/h1-4,8H,(H,9,10);1H;;/q;;2*+2/p-2. The predicted octanol–water partition coefficient (Wildman–Crippen LogP) is -3.30. The summed E-state index contributed by atoms with van der Waals surface area (Å²) in [6.07, 6.45) is 0. The van der Waals surface area contributed by atoms with Crippen molar-refractivity contribution in [3.05, 3.63) is 29.8 Å². The first-order valence-corrected chi connectivity index (χ1v) is 2.71. The first-order chi connectivity index (χ1) is 4.72. The Morgan fingerprint density at radius 2 is 1.69 bits per heavy atom. The molecule has 0 aromatic heterocycles. The monoisotopic (exact) mass is 220 g/mol. The van der Waals surface area contributed by atoms with Crippen LogP contribution in [0.5, 0.6) is 5.75 Å². The molecule has 0 amide bonds. The van der Waals surface area contributed by atoms with Crippen molar-refractivity contribution >= 4 is 52.1 Å². The third-order valence-corrected chi connectivity index (χ3v) is 1.12. The van der Waals surface area contributed by atoms with E-state index < -0.39 is 11.7 Å². The minimum Gasteiger partial charge on any atom is -1.00 e. The van der Waals surface area contributed by atoms with E-state index in [0.717, 1.165) is 0 Å². The summed E-state index contributed by atoms with van der Waals surface area (Å²) >= 11 is 0. The van der Waals surface area contributed by atoms with Crippen molar-refractivity contribution in [3.63, 3.8) is 0 Å². The maximum absolute atomic E-state index is 10.7. The summed E-state index contributed by atoms with van der Waals surface area (Å²) in [5.41, 5.74) is -0.178. The van der Waals surface area contributed by atoms with E-state index in [0.29, 0.717) is 0 Å². The van der Waals surface area contributed by atoms with E-state index in [1.807, 2.05) is 0 Å². The van der Waals surface area contributed by atoms with Gasteiger partial charge in [0.25, 0.3) is 0 Å². The Kier molecular flexibility index (Phi) is 13.0. The minimum atomic E-state index is -1.18. The Morgan fingerprint density at radius 1 is 1.23 bits per heavy atom. The largest absolute Gasteiger partial charge is 2.00 e. The van der Waals surface area contributed by atoms with E-state index in [-0.39, 0.29) is 64.1 Å². The Morgan fingerprint density at radius 3 is 2.00 bits per heavy atom. The van der Waals surface area contributed by atoms with Crippen LogP contribution < -0.4 is 17.5 Å². The molecule has 3 nitrogen and oxygen atoms in total. The van der Waals surface area contributed by atoms with Crippen LogP contribution in [0.3, 0.4) is 0 Å². The van der Waals surface area contributed by atoms with Crippen molar-refractivity contribution in [1.29, 1.82) is 0 Å². The fraction of sp³-hybridized carbons (Fsp3) is 0. The topological polar surface area (TPSA) is 60.4 Å². The summed E-state index contributed by atoms with van der Waals surface area (Å²) in [7, 11) is 0. The zero-order chi connectivity index (χ0) is 7.56. The molecule has 0 bridgehead atoms. The molecule has 1 aromatic rings. The second-order valence-electron chi connectivity index (χ2n) is 1.80. The molecule has 0 aliphatic heterocycles. The molecular weight excluding hydrogens is 216 g/mol. The summed E-state index contributed by atoms with van der Waals surface area (Å²) in [4.78, 5) is 10.2. The SMILES string of the molecule is O=C(O)c1ccccc1[O-].[Cl-].[Mg+2].[Mg+2]. The third kappa shape index (κ3) is 5.58. The van der Waals surface area contributed by atoms with Crippen molar-refractivity contribution in [1.82, 2.24) is 0 Å². The van der Waals surface area contributed by atoms with Crippen molar-refractivity contribution < 1.29 is 27.4 Å². The van der Waals surface area contributed by atoms with Gasteiger partial charge in [-0.2, -0.15) is 0 Å². The van der Waals surface area contributed by atoms with Crippen molar-refractivity contribution in [2.75, 3.05) is 0 Å². The van der Waals surface area contributed by atoms with Crippen molar-refractivity contribution in [2.24, 2.45) is 0 Å². The maximum atomic E-state index is 10.7. The summed E-state index contributed by atoms with van der Waals surface area (Å²) in [6, 6.07) is 5.54. The smallest absolute Gasteiger partial charge is 1.00 e. The Bertz CT molecular complexity index is 268. The quantitative estimate of drug-likeness (QED) is 0.505. The van der Waals surface area contributed by atoms with Crippen LogP contribution in [0.2, 0.25) is 0 Å². The number of carboxylic acid groups (broad SMARTS) is 1. The van der Waals surface area contributed by atoms with Gasteiger partial charge in [-0.05, 0) is 6.07 Å². The number of hydrogen-bond acceptors (Lipinski definition) is 2. The summed E-state index contributed by atoms with van der Waals surface area (Å²) < 4.78 is 0. The van der Waals surface area contributed by atoms with E-state index in [1.165, 1.54) is 24.3 Å². The number of halogens is 1. The number of aromatic carboxylic acids is 1. The van der Waals surface area contributed by atoms with E-state index in [1.54, 1.807) is 0 Å². The maximum Gasteiger partial charge on any atom is 2.00 e. The van der Waals surface area contributed by atoms with Crippen LogP contribution in [0.4, 0.5) is 0 Å². The average Bonchev–Trinajstić information content (AvgIpc) is 1.88. The molecule has 60 valence electrons. The van der Waals surface area contributed by atoms with Gasteiger partial charge in [0.05, 0.1) is 5.56 Å². The molecular formula is C7H5ClMg2O3+2. The molecule has 0 aliphatic rings. The number of carbonyl (C=O) groups is 1. The van der Waals surface area contributed by atoms with E-state index >= 15 is 0 Å². The molecule has 0 fully saturated rings. The van der Waals surface area contributed by atoms with Gasteiger partial charge in [-0.25, -0.2) is 4.79 Å². The number of para-hydroxylation sites is 1. The fourth-order valence-electron chi connectivity index (χ4n) is 0.643. The fourth-order valence-corrected chi connectivity index (χ4v) is 0.643. The average molecular weight is 221 g/mol.